The van der Waals surface area contributed by atoms with E-state index in [1.54, 1.807) is 48.0 Å². The Bertz CT molecular complexity index is 1180. The van der Waals surface area contributed by atoms with Crippen molar-refractivity contribution in [1.82, 2.24) is 14.7 Å². The highest BCUT2D eigenvalue weighted by Crippen LogP contribution is 2.29. The molecular weight excluding hydrogens is 424 g/mol. The van der Waals surface area contributed by atoms with Crippen LogP contribution in [0.25, 0.3) is 23.0 Å². The van der Waals surface area contributed by atoms with Crippen LogP contribution >= 0.6 is 0 Å². The van der Waals surface area contributed by atoms with Gasteiger partial charge in [0.25, 0.3) is 5.91 Å². The van der Waals surface area contributed by atoms with Crippen molar-refractivity contribution in [3.05, 3.63) is 59.9 Å². The zero-order valence-corrected chi connectivity index (χ0v) is 17.3. The van der Waals surface area contributed by atoms with Gasteiger partial charge in [-0.2, -0.15) is 13.2 Å². The van der Waals surface area contributed by atoms with Gasteiger partial charge in [-0.05, 0) is 36.2 Å². The van der Waals surface area contributed by atoms with Crippen LogP contribution in [0.1, 0.15) is 34.3 Å². The van der Waals surface area contributed by atoms with Crippen molar-refractivity contribution in [3.63, 3.8) is 0 Å². The van der Waals surface area contributed by atoms with Gasteiger partial charge in [0.1, 0.15) is 6.17 Å². The van der Waals surface area contributed by atoms with Crippen LogP contribution in [0, 0.1) is 6.92 Å². The summed E-state index contributed by atoms with van der Waals surface area (Å²) < 4.78 is 52.5. The van der Waals surface area contributed by atoms with Crippen LogP contribution in [-0.4, -0.2) is 40.2 Å². The van der Waals surface area contributed by atoms with Gasteiger partial charge in [-0.3, -0.25) is 9.20 Å². The Labute approximate surface area is 182 Å². The summed E-state index contributed by atoms with van der Waals surface area (Å²) in [4.78, 5) is 16.8. The number of carbonyl (C=O) groups is 1. The average molecular weight is 446 g/mol. The van der Waals surface area contributed by atoms with Crippen LogP contribution in [-0.2, 0) is 0 Å². The highest BCUT2D eigenvalue weighted by atomic mass is 19.4. The fraction of sp³-hybridized carbons (Fsp3) is 0.304. The van der Waals surface area contributed by atoms with Gasteiger partial charge in [0.2, 0.25) is 0 Å². The van der Waals surface area contributed by atoms with E-state index in [0.29, 0.717) is 34.6 Å². The van der Waals surface area contributed by atoms with E-state index in [0.717, 1.165) is 11.1 Å². The van der Waals surface area contributed by atoms with Crippen LogP contribution in [0.3, 0.4) is 0 Å². The van der Waals surface area contributed by atoms with E-state index in [-0.39, 0.29) is 12.5 Å². The first-order valence-corrected chi connectivity index (χ1v) is 10.2. The summed E-state index contributed by atoms with van der Waals surface area (Å²) in [6.07, 6.45) is -0.820. The zero-order valence-electron chi connectivity index (χ0n) is 17.3. The van der Waals surface area contributed by atoms with Crippen LogP contribution in [0.5, 0.6) is 0 Å². The number of hydrogen-bond donors (Lipinski definition) is 2. The highest BCUT2D eigenvalue weighted by molar-refractivity contribution is 5.96. The van der Waals surface area contributed by atoms with Crippen molar-refractivity contribution in [3.8, 4) is 11.3 Å². The van der Waals surface area contributed by atoms with Crippen molar-refractivity contribution >= 4 is 23.3 Å². The van der Waals surface area contributed by atoms with Gasteiger partial charge >= 0.3 is 6.18 Å². The molecule has 168 valence electrons. The SMILES string of the molecule is C=Cc1cc(NCCC(F)(F)F)c2ncc(-c3ccc(C(=O)N[C@H]4C[C@@H]4F)c(C)c3)n2c1. The first-order chi connectivity index (χ1) is 15.2. The molecule has 1 aliphatic carbocycles. The van der Waals surface area contributed by atoms with Crippen molar-refractivity contribution in [1.29, 1.82) is 0 Å². The molecule has 32 heavy (non-hydrogen) atoms. The first kappa shape index (κ1) is 21.9. The minimum Gasteiger partial charge on any atom is -0.382 e. The molecule has 2 heterocycles. The lowest BCUT2D eigenvalue weighted by atomic mass is 10.0. The molecule has 1 amide bonds. The zero-order chi connectivity index (χ0) is 23.0. The van der Waals surface area contributed by atoms with Crippen molar-refractivity contribution in [2.45, 2.75) is 38.2 Å². The van der Waals surface area contributed by atoms with Gasteiger partial charge in [-0.25, -0.2) is 9.37 Å². The Morgan fingerprint density at radius 1 is 1.34 bits per heavy atom. The minimum atomic E-state index is -4.25. The molecule has 2 atom stereocenters. The molecule has 2 N–H and O–H groups in total. The van der Waals surface area contributed by atoms with Crippen LogP contribution in [0.2, 0.25) is 0 Å². The number of nitrogens with one attached hydrogen (secondary N) is 2. The number of amides is 1. The number of carbonyl (C=O) groups excluding carboxylic acids is 1. The lowest BCUT2D eigenvalue weighted by Crippen LogP contribution is -2.27. The van der Waals surface area contributed by atoms with E-state index in [2.05, 4.69) is 22.2 Å². The molecule has 1 aromatic carbocycles. The predicted molar refractivity (Wildman–Crippen MR) is 115 cm³/mol. The number of halogens is 4. The van der Waals surface area contributed by atoms with Gasteiger partial charge in [-0.1, -0.05) is 18.7 Å². The first-order valence-electron chi connectivity index (χ1n) is 10.2. The maximum atomic E-state index is 13.1. The van der Waals surface area contributed by atoms with E-state index in [1.165, 1.54) is 0 Å². The predicted octanol–water partition coefficient (Wildman–Crippen LogP) is 5.16. The topological polar surface area (TPSA) is 58.4 Å². The second-order valence-electron chi connectivity index (χ2n) is 7.88. The third-order valence-electron chi connectivity index (χ3n) is 5.38. The number of hydrogen-bond acceptors (Lipinski definition) is 3. The second kappa shape index (κ2) is 8.29. The molecule has 0 radical (unpaired) electrons. The smallest absolute Gasteiger partial charge is 0.382 e. The maximum Gasteiger partial charge on any atom is 0.390 e. The van der Waals surface area contributed by atoms with Crippen LogP contribution in [0.15, 0.2) is 43.2 Å². The molecule has 3 aromatic rings. The lowest BCUT2D eigenvalue weighted by molar-refractivity contribution is -0.131. The molecule has 1 fully saturated rings. The largest absolute Gasteiger partial charge is 0.390 e. The number of anilines is 1. The summed E-state index contributed by atoms with van der Waals surface area (Å²) in [6.45, 7) is 5.27. The van der Waals surface area contributed by atoms with Gasteiger partial charge in [0, 0.05) is 30.3 Å². The second-order valence-corrected chi connectivity index (χ2v) is 7.88. The van der Waals surface area contributed by atoms with E-state index in [9.17, 15) is 22.4 Å². The van der Waals surface area contributed by atoms with E-state index >= 15 is 0 Å². The van der Waals surface area contributed by atoms with Gasteiger partial charge in [0.15, 0.2) is 5.65 Å². The quantitative estimate of drug-likeness (QED) is 0.493. The van der Waals surface area contributed by atoms with Gasteiger partial charge < -0.3 is 10.6 Å². The summed E-state index contributed by atoms with van der Waals surface area (Å²) >= 11 is 0. The Morgan fingerprint density at radius 3 is 2.72 bits per heavy atom. The molecular formula is C23H22F4N4O. The van der Waals surface area contributed by atoms with Gasteiger partial charge in [-0.15, -0.1) is 0 Å². The molecule has 0 saturated heterocycles. The van der Waals surface area contributed by atoms with Crippen LogP contribution in [0.4, 0.5) is 23.2 Å². The number of aryl methyl sites for hydroxylation is 1. The Hall–Kier alpha value is -3.36. The van der Waals surface area contributed by atoms with Gasteiger partial charge in [0.05, 0.1) is 30.0 Å². The Balaban J connectivity index is 1.64. The highest BCUT2D eigenvalue weighted by Gasteiger charge is 2.38. The van der Waals surface area contributed by atoms with E-state index < -0.39 is 24.8 Å². The Morgan fingerprint density at radius 2 is 2.09 bits per heavy atom. The number of nitrogens with zero attached hydrogens (tertiary/aromatic N) is 2. The molecule has 1 saturated carbocycles. The molecule has 1 aliphatic rings. The standard InChI is InChI=1S/C23H22F4N4O/c1-3-14-9-19(28-7-6-23(25,26)27)21-29-11-20(31(21)12-14)15-4-5-16(13(2)8-15)22(32)30-18-10-17(18)24/h3-5,8-9,11-12,17-18,28H,1,6-7,10H2,2H3,(H,30,32)/t17-,18-/m0/s1. The van der Waals surface area contributed by atoms with Crippen molar-refractivity contribution in [2.24, 2.45) is 0 Å². The number of fused-ring (bicyclic) bond motifs is 1. The molecule has 4 rings (SSSR count). The lowest BCUT2D eigenvalue weighted by Gasteiger charge is -2.12. The number of alkyl halides is 4. The number of imidazole rings is 1. The van der Waals surface area contributed by atoms with Crippen molar-refractivity contribution < 1.29 is 22.4 Å². The third-order valence-corrected chi connectivity index (χ3v) is 5.38. The minimum absolute atomic E-state index is 0.272. The fourth-order valence-corrected chi connectivity index (χ4v) is 3.54. The summed E-state index contributed by atoms with van der Waals surface area (Å²) in [5.41, 5.74) is 4.33. The molecule has 0 spiro atoms. The van der Waals surface area contributed by atoms with E-state index in [4.69, 9.17) is 0 Å². The normalized spacial score (nSPS) is 17.9. The summed E-state index contributed by atoms with van der Waals surface area (Å²) in [7, 11) is 0. The summed E-state index contributed by atoms with van der Waals surface area (Å²) in [6, 6.07) is 6.55. The molecule has 5 nitrogen and oxygen atoms in total. The van der Waals surface area contributed by atoms with Crippen molar-refractivity contribution in [2.75, 3.05) is 11.9 Å². The third kappa shape index (κ3) is 4.61. The molecule has 0 bridgehead atoms. The monoisotopic (exact) mass is 446 g/mol. The fourth-order valence-electron chi connectivity index (χ4n) is 3.54. The molecule has 2 aromatic heterocycles. The van der Waals surface area contributed by atoms with E-state index in [1.807, 2.05) is 6.07 Å². The summed E-state index contributed by atoms with van der Waals surface area (Å²) in [5, 5.41) is 5.48. The number of pyridine rings is 1. The Kier molecular flexibility index (Phi) is 5.66. The number of aromatic nitrogens is 2. The van der Waals surface area contributed by atoms with Crippen LogP contribution < -0.4 is 10.6 Å². The maximum absolute atomic E-state index is 13.1. The molecule has 9 heteroatoms. The molecule has 0 unspecified atom stereocenters. The summed E-state index contributed by atoms with van der Waals surface area (Å²) in [5.74, 6) is -0.317. The number of benzene rings is 1. The number of rotatable bonds is 7. The average Bonchev–Trinajstić information content (AvgIpc) is 3.24. The molecule has 0 aliphatic heterocycles.